The summed E-state index contributed by atoms with van der Waals surface area (Å²) in [5.74, 6) is 2.03. The average molecular weight is 395 g/mol. The molecule has 0 radical (unpaired) electrons. The highest BCUT2D eigenvalue weighted by Crippen LogP contribution is 2.33. The maximum atomic E-state index is 6.23. The molecule has 0 amide bonds. The van der Waals surface area contributed by atoms with Gasteiger partial charge in [-0.05, 0) is 66.8 Å². The first-order valence-electron chi connectivity index (χ1n) is 10.2. The fourth-order valence-electron chi connectivity index (χ4n) is 4.33. The Labute approximate surface area is 173 Å². The predicted molar refractivity (Wildman–Crippen MR) is 118 cm³/mol. The highest BCUT2D eigenvalue weighted by atomic mass is 15.5. The number of nitrogen functional groups attached to an aromatic ring is 1. The molecule has 0 spiro atoms. The molecule has 1 aliphatic heterocycles. The van der Waals surface area contributed by atoms with Crippen LogP contribution in [-0.2, 0) is 12.8 Å². The van der Waals surface area contributed by atoms with Crippen molar-refractivity contribution in [2.75, 3.05) is 17.3 Å². The molecular formula is C23H21N7. The Bertz CT molecular complexity index is 1300. The van der Waals surface area contributed by atoms with E-state index < -0.39 is 0 Å². The molecule has 0 bridgehead atoms. The lowest BCUT2D eigenvalue weighted by molar-refractivity contribution is 0.801. The Balaban J connectivity index is 1.62. The second-order valence-electron chi connectivity index (χ2n) is 7.64. The summed E-state index contributed by atoms with van der Waals surface area (Å²) in [7, 11) is 0. The van der Waals surface area contributed by atoms with Crippen LogP contribution in [0.2, 0.25) is 0 Å². The Morgan fingerprint density at radius 3 is 2.80 bits per heavy atom. The summed E-state index contributed by atoms with van der Waals surface area (Å²) in [6.07, 6.45) is 9.22. The topological polar surface area (TPSA) is 84.9 Å². The summed E-state index contributed by atoms with van der Waals surface area (Å²) < 4.78 is 2.10. The van der Waals surface area contributed by atoms with Gasteiger partial charge in [-0.3, -0.25) is 9.58 Å². The van der Waals surface area contributed by atoms with E-state index in [-0.39, 0.29) is 0 Å². The molecule has 148 valence electrons. The summed E-state index contributed by atoms with van der Waals surface area (Å²) in [5, 5.41) is 1.93. The number of hydrogen-bond donors (Lipinski definition) is 2. The van der Waals surface area contributed by atoms with Gasteiger partial charge in [-0.2, -0.15) is 0 Å². The molecule has 0 atom stereocenters. The molecule has 4 aromatic rings. The number of hydrogen-bond acceptors (Lipinski definition) is 6. The SMILES string of the molecule is Nc1ncccc1-c1nc2ccc(N3C=CCN3)nc2n1-c1ccc2c(c1)CCC2. The monoisotopic (exact) mass is 395 g/mol. The lowest BCUT2D eigenvalue weighted by atomic mass is 10.1. The van der Waals surface area contributed by atoms with Crippen LogP contribution in [0.25, 0.3) is 28.2 Å². The van der Waals surface area contributed by atoms with Gasteiger partial charge in [-0.25, -0.2) is 20.4 Å². The summed E-state index contributed by atoms with van der Waals surface area (Å²) >= 11 is 0. The van der Waals surface area contributed by atoms with Crippen LogP contribution in [0, 0.1) is 0 Å². The van der Waals surface area contributed by atoms with E-state index in [1.54, 1.807) is 6.20 Å². The zero-order chi connectivity index (χ0) is 20.1. The highest BCUT2D eigenvalue weighted by Gasteiger charge is 2.21. The molecule has 6 rings (SSSR count). The molecule has 2 aliphatic rings. The molecule has 4 heterocycles. The molecule has 30 heavy (non-hydrogen) atoms. The number of fused-ring (bicyclic) bond motifs is 2. The van der Waals surface area contributed by atoms with Gasteiger partial charge in [0.1, 0.15) is 17.2 Å². The molecule has 1 aliphatic carbocycles. The molecule has 3 N–H and O–H groups in total. The first kappa shape index (κ1) is 17.2. The third-order valence-corrected chi connectivity index (χ3v) is 5.79. The molecular weight excluding hydrogens is 374 g/mol. The second kappa shape index (κ2) is 6.67. The number of imidazole rings is 1. The van der Waals surface area contributed by atoms with Crippen molar-refractivity contribution in [2.45, 2.75) is 19.3 Å². The summed E-state index contributed by atoms with van der Waals surface area (Å²) in [5.41, 5.74) is 15.8. The van der Waals surface area contributed by atoms with Crippen LogP contribution in [0.15, 0.2) is 60.9 Å². The Morgan fingerprint density at radius 2 is 1.93 bits per heavy atom. The summed E-state index contributed by atoms with van der Waals surface area (Å²) in [6.45, 7) is 0.793. The van der Waals surface area contributed by atoms with Crippen LogP contribution in [0.3, 0.4) is 0 Å². The van der Waals surface area contributed by atoms with Crippen molar-refractivity contribution < 1.29 is 0 Å². The van der Waals surface area contributed by atoms with Gasteiger partial charge >= 0.3 is 0 Å². The number of hydrazine groups is 1. The minimum atomic E-state index is 0.458. The third kappa shape index (κ3) is 2.67. The molecule has 7 heteroatoms. The van der Waals surface area contributed by atoms with Crippen LogP contribution in [0.5, 0.6) is 0 Å². The maximum Gasteiger partial charge on any atom is 0.167 e. The fraction of sp³-hybridized carbons (Fsp3) is 0.174. The molecule has 7 nitrogen and oxygen atoms in total. The van der Waals surface area contributed by atoms with E-state index in [1.165, 1.54) is 17.5 Å². The normalized spacial score (nSPS) is 15.3. The smallest absolute Gasteiger partial charge is 0.167 e. The van der Waals surface area contributed by atoms with Gasteiger partial charge in [-0.15, -0.1) is 0 Å². The van der Waals surface area contributed by atoms with Crippen molar-refractivity contribution in [3.8, 4) is 17.1 Å². The lowest BCUT2D eigenvalue weighted by Gasteiger charge is -2.16. The van der Waals surface area contributed by atoms with Crippen LogP contribution in [0.1, 0.15) is 17.5 Å². The number of rotatable bonds is 3. The molecule has 1 aromatic carbocycles. The van der Waals surface area contributed by atoms with Crippen molar-refractivity contribution in [2.24, 2.45) is 0 Å². The second-order valence-corrected chi connectivity index (χ2v) is 7.64. The van der Waals surface area contributed by atoms with Crippen molar-refractivity contribution in [3.05, 3.63) is 72.1 Å². The first-order valence-corrected chi connectivity index (χ1v) is 10.2. The van der Waals surface area contributed by atoms with Crippen LogP contribution in [0.4, 0.5) is 11.6 Å². The van der Waals surface area contributed by atoms with Gasteiger partial charge in [0, 0.05) is 24.6 Å². The predicted octanol–water partition coefficient (Wildman–Crippen LogP) is 3.39. The van der Waals surface area contributed by atoms with E-state index >= 15 is 0 Å². The van der Waals surface area contributed by atoms with Gasteiger partial charge in [0.25, 0.3) is 0 Å². The van der Waals surface area contributed by atoms with Gasteiger partial charge in [0.15, 0.2) is 11.5 Å². The number of aromatic nitrogens is 4. The summed E-state index contributed by atoms with van der Waals surface area (Å²) in [4.78, 5) is 14.1. The van der Waals surface area contributed by atoms with Crippen LogP contribution in [-0.4, -0.2) is 26.1 Å². The zero-order valence-electron chi connectivity index (χ0n) is 16.4. The molecule has 3 aromatic heterocycles. The van der Waals surface area contributed by atoms with Crippen LogP contribution >= 0.6 is 0 Å². The first-order chi connectivity index (χ1) is 14.8. The van der Waals surface area contributed by atoms with E-state index in [4.69, 9.17) is 15.7 Å². The van der Waals surface area contributed by atoms with Crippen molar-refractivity contribution >= 4 is 22.8 Å². The third-order valence-electron chi connectivity index (χ3n) is 5.79. The van der Waals surface area contributed by atoms with Crippen molar-refractivity contribution in [1.82, 2.24) is 24.9 Å². The van der Waals surface area contributed by atoms with Crippen molar-refractivity contribution in [3.63, 3.8) is 0 Å². The number of benzene rings is 1. The molecule has 0 unspecified atom stereocenters. The number of nitrogens with two attached hydrogens (primary N) is 1. The van der Waals surface area contributed by atoms with Gasteiger partial charge in [0.05, 0.1) is 5.56 Å². The van der Waals surface area contributed by atoms with Gasteiger partial charge in [-0.1, -0.05) is 12.1 Å². The number of nitrogens with one attached hydrogen (secondary N) is 1. The van der Waals surface area contributed by atoms with E-state index in [0.29, 0.717) is 5.82 Å². The molecule has 0 saturated heterocycles. The van der Waals surface area contributed by atoms with Gasteiger partial charge < -0.3 is 5.73 Å². The van der Waals surface area contributed by atoms with E-state index in [1.807, 2.05) is 35.5 Å². The number of aryl methyl sites for hydroxylation is 2. The molecule has 0 fully saturated rings. The quantitative estimate of drug-likeness (QED) is 0.553. The zero-order valence-corrected chi connectivity index (χ0v) is 16.4. The standard InChI is InChI=1S/C23H21N7/c24-21-18(6-2-11-25-21)22-27-19-9-10-20(29-13-3-12-26-29)28-23(19)30(22)17-8-7-15-4-1-5-16(15)14-17/h2-3,6-11,13-14,26H,1,4-5,12H2,(H2,24,25). The number of anilines is 2. The Kier molecular flexibility index (Phi) is 3.82. The minimum Gasteiger partial charge on any atom is -0.383 e. The average Bonchev–Trinajstić information content (AvgIpc) is 3.51. The Hall–Kier alpha value is -3.71. The fourth-order valence-corrected chi connectivity index (χ4v) is 4.33. The minimum absolute atomic E-state index is 0.458. The van der Waals surface area contributed by atoms with E-state index in [2.05, 4.69) is 39.3 Å². The van der Waals surface area contributed by atoms with E-state index in [0.717, 1.165) is 53.4 Å². The molecule has 0 saturated carbocycles. The highest BCUT2D eigenvalue weighted by molar-refractivity contribution is 5.84. The van der Waals surface area contributed by atoms with E-state index in [9.17, 15) is 0 Å². The lowest BCUT2D eigenvalue weighted by Crippen LogP contribution is -2.28. The number of nitrogens with zero attached hydrogens (tertiary/aromatic N) is 5. The maximum absolute atomic E-state index is 6.23. The Morgan fingerprint density at radius 1 is 1.00 bits per heavy atom. The van der Waals surface area contributed by atoms with Crippen molar-refractivity contribution in [1.29, 1.82) is 0 Å². The largest absolute Gasteiger partial charge is 0.383 e. The van der Waals surface area contributed by atoms with Crippen LogP contribution < -0.4 is 16.2 Å². The van der Waals surface area contributed by atoms with Gasteiger partial charge in [0.2, 0.25) is 0 Å². The number of pyridine rings is 2. The summed E-state index contributed by atoms with van der Waals surface area (Å²) in [6, 6.07) is 14.5.